The first-order valence-electron chi connectivity index (χ1n) is 6.77. The molecule has 0 bridgehead atoms. The van der Waals surface area contributed by atoms with Crippen molar-refractivity contribution in [3.05, 3.63) is 34.6 Å². The molecular weight excluding hydrogens is 309 g/mol. The Hall–Kier alpha value is -1.40. The quantitative estimate of drug-likeness (QED) is 0.815. The van der Waals surface area contributed by atoms with Crippen LogP contribution in [-0.2, 0) is 0 Å². The Labute approximate surface area is 130 Å². The number of rotatable bonds is 5. The van der Waals surface area contributed by atoms with Gasteiger partial charge in [-0.3, -0.25) is 0 Å². The van der Waals surface area contributed by atoms with E-state index >= 15 is 0 Å². The second-order valence-electron chi connectivity index (χ2n) is 4.86. The highest BCUT2D eigenvalue weighted by Gasteiger charge is 2.33. The van der Waals surface area contributed by atoms with Crippen LogP contribution in [0.5, 0.6) is 0 Å². The number of thiazole rings is 1. The molecule has 1 heterocycles. The fourth-order valence-electron chi connectivity index (χ4n) is 2.21. The number of benzene rings is 1. The smallest absolute Gasteiger partial charge is 0.347 e. The van der Waals surface area contributed by atoms with Gasteiger partial charge in [-0.05, 0) is 30.7 Å². The molecule has 1 fully saturated rings. The SMILES string of the molecule is CCSc1cccc(F)c1-c1nc(C2CC2)c(C(=O)O)s1. The molecule has 6 heteroatoms. The van der Waals surface area contributed by atoms with E-state index in [0.717, 1.165) is 34.8 Å². The molecule has 0 radical (unpaired) electrons. The summed E-state index contributed by atoms with van der Waals surface area (Å²) in [5, 5.41) is 9.79. The third-order valence-electron chi connectivity index (χ3n) is 3.30. The monoisotopic (exact) mass is 323 g/mol. The molecule has 0 spiro atoms. The first-order valence-corrected chi connectivity index (χ1v) is 8.57. The predicted molar refractivity (Wildman–Crippen MR) is 82.8 cm³/mol. The number of hydrogen-bond acceptors (Lipinski definition) is 4. The number of aromatic carboxylic acids is 1. The van der Waals surface area contributed by atoms with E-state index in [-0.39, 0.29) is 16.6 Å². The van der Waals surface area contributed by atoms with Gasteiger partial charge in [0.15, 0.2) is 0 Å². The molecule has 2 aromatic rings. The van der Waals surface area contributed by atoms with Crippen molar-refractivity contribution in [2.75, 3.05) is 5.75 Å². The normalized spacial score (nSPS) is 14.4. The van der Waals surface area contributed by atoms with Gasteiger partial charge < -0.3 is 5.11 Å². The van der Waals surface area contributed by atoms with Crippen molar-refractivity contribution in [3.8, 4) is 10.6 Å². The van der Waals surface area contributed by atoms with E-state index in [1.807, 2.05) is 13.0 Å². The molecule has 3 nitrogen and oxygen atoms in total. The van der Waals surface area contributed by atoms with Crippen LogP contribution in [0.25, 0.3) is 10.6 Å². The highest BCUT2D eigenvalue weighted by molar-refractivity contribution is 7.99. The molecule has 0 atom stereocenters. The molecule has 1 N–H and O–H groups in total. The Morgan fingerprint density at radius 1 is 1.52 bits per heavy atom. The molecule has 1 aromatic heterocycles. The average molecular weight is 323 g/mol. The minimum atomic E-state index is -0.971. The Morgan fingerprint density at radius 2 is 2.29 bits per heavy atom. The summed E-state index contributed by atoms with van der Waals surface area (Å²) in [4.78, 5) is 16.9. The van der Waals surface area contributed by atoms with E-state index in [0.29, 0.717) is 16.3 Å². The van der Waals surface area contributed by atoms with E-state index in [2.05, 4.69) is 4.98 Å². The van der Waals surface area contributed by atoms with Gasteiger partial charge in [0.25, 0.3) is 0 Å². The van der Waals surface area contributed by atoms with Crippen LogP contribution < -0.4 is 0 Å². The lowest BCUT2D eigenvalue weighted by atomic mass is 10.2. The maximum absolute atomic E-state index is 14.2. The zero-order valence-corrected chi connectivity index (χ0v) is 13.1. The molecule has 0 saturated heterocycles. The van der Waals surface area contributed by atoms with Crippen molar-refractivity contribution >= 4 is 29.1 Å². The first kappa shape index (κ1) is 14.5. The Bertz CT molecular complexity index is 695. The Morgan fingerprint density at radius 3 is 2.90 bits per heavy atom. The topological polar surface area (TPSA) is 50.2 Å². The second kappa shape index (κ2) is 5.77. The highest BCUT2D eigenvalue weighted by Crippen LogP contribution is 2.45. The van der Waals surface area contributed by atoms with Crippen LogP contribution >= 0.6 is 23.1 Å². The molecule has 0 aliphatic heterocycles. The van der Waals surface area contributed by atoms with Crippen LogP contribution in [0.1, 0.15) is 41.0 Å². The standard InChI is InChI=1S/C15H14FNO2S2/c1-2-20-10-5-3-4-9(16)11(10)14-17-12(8-6-7-8)13(21-14)15(18)19/h3-5,8H,2,6-7H2,1H3,(H,18,19). The highest BCUT2D eigenvalue weighted by atomic mass is 32.2. The Balaban J connectivity index is 2.12. The lowest BCUT2D eigenvalue weighted by Crippen LogP contribution is -1.97. The van der Waals surface area contributed by atoms with Crippen molar-refractivity contribution in [1.82, 2.24) is 4.98 Å². The number of carbonyl (C=O) groups is 1. The van der Waals surface area contributed by atoms with E-state index in [9.17, 15) is 14.3 Å². The maximum Gasteiger partial charge on any atom is 0.347 e. The number of carboxylic acids is 1. The maximum atomic E-state index is 14.2. The van der Waals surface area contributed by atoms with Gasteiger partial charge in [-0.25, -0.2) is 14.2 Å². The van der Waals surface area contributed by atoms with Gasteiger partial charge in [0.05, 0.1) is 11.3 Å². The van der Waals surface area contributed by atoms with Crippen LogP contribution in [0.15, 0.2) is 23.1 Å². The number of carboxylic acid groups (broad SMARTS) is 1. The number of nitrogens with zero attached hydrogens (tertiary/aromatic N) is 1. The summed E-state index contributed by atoms with van der Waals surface area (Å²) in [7, 11) is 0. The van der Waals surface area contributed by atoms with E-state index in [1.165, 1.54) is 17.8 Å². The summed E-state index contributed by atoms with van der Waals surface area (Å²) in [6, 6.07) is 4.92. The van der Waals surface area contributed by atoms with Gasteiger partial charge >= 0.3 is 5.97 Å². The van der Waals surface area contributed by atoms with Crippen LogP contribution in [0, 0.1) is 5.82 Å². The van der Waals surface area contributed by atoms with Crippen LogP contribution in [-0.4, -0.2) is 21.8 Å². The first-order chi connectivity index (χ1) is 10.1. The lowest BCUT2D eigenvalue weighted by molar-refractivity contribution is 0.0700. The Kier molecular flexibility index (Phi) is 3.99. The molecule has 110 valence electrons. The molecular formula is C15H14FNO2S2. The minimum absolute atomic E-state index is 0.232. The summed E-state index contributed by atoms with van der Waals surface area (Å²) in [6.45, 7) is 2.00. The summed E-state index contributed by atoms with van der Waals surface area (Å²) in [5.74, 6) is -0.262. The summed E-state index contributed by atoms with van der Waals surface area (Å²) in [5.41, 5.74) is 1.06. The largest absolute Gasteiger partial charge is 0.477 e. The molecule has 1 aliphatic rings. The lowest BCUT2D eigenvalue weighted by Gasteiger charge is -2.06. The van der Waals surface area contributed by atoms with E-state index < -0.39 is 5.97 Å². The van der Waals surface area contributed by atoms with Crippen molar-refractivity contribution in [2.45, 2.75) is 30.6 Å². The number of hydrogen-bond donors (Lipinski definition) is 1. The fraction of sp³-hybridized carbons (Fsp3) is 0.333. The van der Waals surface area contributed by atoms with E-state index in [4.69, 9.17) is 0 Å². The summed E-state index contributed by atoms with van der Waals surface area (Å²) in [6.07, 6.45) is 1.94. The van der Waals surface area contributed by atoms with Crippen molar-refractivity contribution in [1.29, 1.82) is 0 Å². The van der Waals surface area contributed by atoms with Gasteiger partial charge in [-0.2, -0.15) is 0 Å². The number of halogens is 1. The van der Waals surface area contributed by atoms with E-state index in [1.54, 1.807) is 6.07 Å². The zero-order valence-electron chi connectivity index (χ0n) is 11.4. The van der Waals surface area contributed by atoms with Gasteiger partial charge in [0.2, 0.25) is 0 Å². The summed E-state index contributed by atoms with van der Waals surface area (Å²) >= 11 is 2.62. The third-order valence-corrected chi connectivity index (χ3v) is 5.32. The molecule has 0 amide bonds. The van der Waals surface area contributed by atoms with Gasteiger partial charge in [-0.15, -0.1) is 23.1 Å². The van der Waals surface area contributed by atoms with Crippen LogP contribution in [0.3, 0.4) is 0 Å². The minimum Gasteiger partial charge on any atom is -0.477 e. The fourth-order valence-corrected chi connectivity index (χ4v) is 4.15. The molecule has 1 aromatic carbocycles. The second-order valence-corrected chi connectivity index (χ2v) is 7.16. The molecule has 1 saturated carbocycles. The zero-order chi connectivity index (χ0) is 15.0. The number of aromatic nitrogens is 1. The molecule has 1 aliphatic carbocycles. The molecule has 21 heavy (non-hydrogen) atoms. The van der Waals surface area contributed by atoms with Crippen LogP contribution in [0.2, 0.25) is 0 Å². The molecule has 3 rings (SSSR count). The predicted octanol–water partition coefficient (Wildman–Crippen LogP) is 4.64. The third kappa shape index (κ3) is 2.82. The average Bonchev–Trinajstić information content (AvgIpc) is 3.19. The summed E-state index contributed by atoms with van der Waals surface area (Å²) < 4.78 is 14.2. The molecule has 0 unspecified atom stereocenters. The van der Waals surface area contributed by atoms with Gasteiger partial charge in [-0.1, -0.05) is 13.0 Å². The van der Waals surface area contributed by atoms with Gasteiger partial charge in [0, 0.05) is 10.8 Å². The van der Waals surface area contributed by atoms with Crippen LogP contribution in [0.4, 0.5) is 4.39 Å². The number of thioether (sulfide) groups is 1. The van der Waals surface area contributed by atoms with Crippen molar-refractivity contribution in [3.63, 3.8) is 0 Å². The van der Waals surface area contributed by atoms with Crippen molar-refractivity contribution < 1.29 is 14.3 Å². The van der Waals surface area contributed by atoms with Crippen molar-refractivity contribution in [2.24, 2.45) is 0 Å². The van der Waals surface area contributed by atoms with Gasteiger partial charge in [0.1, 0.15) is 15.7 Å².